The molecule has 0 atom stereocenters. The van der Waals surface area contributed by atoms with Crippen molar-refractivity contribution in [3.05, 3.63) is 77.6 Å². The molecule has 40 heavy (non-hydrogen) atoms. The summed E-state index contributed by atoms with van der Waals surface area (Å²) >= 11 is 0. The molecule has 0 bridgehead atoms. The van der Waals surface area contributed by atoms with Crippen molar-refractivity contribution in [1.82, 2.24) is 4.90 Å². The second kappa shape index (κ2) is 11.8. The Kier molecular flexibility index (Phi) is 8.43. The number of ether oxygens (including phenoxy) is 2. The molecule has 2 fully saturated rings. The van der Waals surface area contributed by atoms with Gasteiger partial charge in [0.15, 0.2) is 8.38 Å². The number of benzene rings is 3. The Balaban J connectivity index is 1.30. The summed E-state index contributed by atoms with van der Waals surface area (Å²) in [6.07, 6.45) is 1.08. The normalized spacial score (nSPS) is 17.2. The Labute approximate surface area is 236 Å². The lowest BCUT2D eigenvalue weighted by atomic mass is 9.89. The number of hydrogen-bond acceptors (Lipinski definition) is 6. The Morgan fingerprint density at radius 1 is 1.05 bits per heavy atom. The quantitative estimate of drug-likeness (QED) is 0.329. The topological polar surface area (TPSA) is 82.5 Å². The fourth-order valence-corrected chi connectivity index (χ4v) is 6.04. The van der Waals surface area contributed by atoms with E-state index in [1.165, 1.54) is 17.7 Å². The van der Waals surface area contributed by atoms with Crippen LogP contribution in [0.1, 0.15) is 50.7 Å². The molecule has 3 aromatic rings. The molecule has 2 aliphatic rings. The number of hydrogen-bond donors (Lipinski definition) is 2. The van der Waals surface area contributed by atoms with Gasteiger partial charge in [-0.1, -0.05) is 26.0 Å². The minimum absolute atomic E-state index is 0.254. The Bertz CT molecular complexity index is 1340. The van der Waals surface area contributed by atoms with E-state index in [1.807, 2.05) is 19.1 Å². The van der Waals surface area contributed by atoms with Crippen molar-refractivity contribution < 1.29 is 28.4 Å². The number of carbonyl (C=O) groups excluding carboxylic acids is 1. The van der Waals surface area contributed by atoms with E-state index in [0.717, 1.165) is 54.9 Å². The van der Waals surface area contributed by atoms with E-state index in [-0.39, 0.29) is 17.8 Å². The molecule has 2 N–H and O–H groups in total. The molecule has 1 spiro atoms. The van der Waals surface area contributed by atoms with Crippen LogP contribution in [0.3, 0.4) is 0 Å². The molecule has 2 saturated heterocycles. The summed E-state index contributed by atoms with van der Waals surface area (Å²) in [5, 5.41) is 0.437. The standard InChI is InChI=1S/C31H36FN2O5P/c1-4-38-29-18-28(22-5-7-24(32)8-6-22)27(21(2)3)17-23(29)19-33-15-13-31(14-16-33)20-34(30(35)39-31)25-9-11-26(12-10-25)40(36)37/h5-12,17-18,21,36-37H,4,13-16,19-20H2,1-3H3. The van der Waals surface area contributed by atoms with Crippen LogP contribution in [-0.2, 0) is 11.3 Å². The van der Waals surface area contributed by atoms with E-state index in [9.17, 15) is 19.0 Å². The zero-order chi connectivity index (χ0) is 28.4. The third kappa shape index (κ3) is 6.01. The van der Waals surface area contributed by atoms with Crippen LogP contribution in [0.15, 0.2) is 60.7 Å². The molecule has 0 unspecified atom stereocenters. The number of nitrogens with zero attached hydrogens (tertiary/aromatic N) is 2. The molecule has 212 valence electrons. The van der Waals surface area contributed by atoms with E-state index in [2.05, 4.69) is 30.9 Å². The zero-order valence-electron chi connectivity index (χ0n) is 23.1. The summed E-state index contributed by atoms with van der Waals surface area (Å²) in [6.45, 7) is 9.60. The van der Waals surface area contributed by atoms with Crippen LogP contribution < -0.4 is 14.9 Å². The van der Waals surface area contributed by atoms with Crippen molar-refractivity contribution in [3.63, 3.8) is 0 Å². The molecule has 2 aliphatic heterocycles. The first-order valence-corrected chi connectivity index (χ1v) is 15.0. The van der Waals surface area contributed by atoms with Crippen molar-refractivity contribution in [2.45, 2.75) is 51.7 Å². The lowest BCUT2D eigenvalue weighted by Gasteiger charge is -2.37. The minimum atomic E-state index is -2.17. The largest absolute Gasteiger partial charge is 0.494 e. The van der Waals surface area contributed by atoms with E-state index in [0.29, 0.717) is 24.1 Å². The molecule has 7 nitrogen and oxygen atoms in total. The molecule has 0 aliphatic carbocycles. The molecule has 0 saturated carbocycles. The van der Waals surface area contributed by atoms with Gasteiger partial charge in [0.25, 0.3) is 0 Å². The average Bonchev–Trinajstić information content (AvgIpc) is 3.26. The maximum Gasteiger partial charge on any atom is 0.415 e. The van der Waals surface area contributed by atoms with Gasteiger partial charge in [0, 0.05) is 49.0 Å². The highest BCUT2D eigenvalue weighted by atomic mass is 31.2. The Hall–Kier alpha value is -3.03. The van der Waals surface area contributed by atoms with Crippen LogP contribution in [0.5, 0.6) is 5.75 Å². The molecule has 1 amide bonds. The second-order valence-electron chi connectivity index (χ2n) is 10.9. The SMILES string of the molecule is CCOc1cc(-c2ccc(F)cc2)c(C(C)C)cc1CN1CCC2(CC1)CN(c1ccc(P(O)O)cc1)C(=O)O2. The van der Waals surface area contributed by atoms with Crippen molar-refractivity contribution in [3.8, 4) is 16.9 Å². The van der Waals surface area contributed by atoms with Crippen molar-refractivity contribution >= 4 is 25.5 Å². The van der Waals surface area contributed by atoms with Gasteiger partial charge in [-0.15, -0.1) is 0 Å². The minimum Gasteiger partial charge on any atom is -0.494 e. The van der Waals surface area contributed by atoms with Gasteiger partial charge in [0.1, 0.15) is 17.2 Å². The van der Waals surface area contributed by atoms with Crippen LogP contribution in [0, 0.1) is 5.82 Å². The van der Waals surface area contributed by atoms with Gasteiger partial charge in [-0.3, -0.25) is 9.80 Å². The van der Waals surface area contributed by atoms with Gasteiger partial charge in [-0.25, -0.2) is 9.18 Å². The predicted molar refractivity (Wildman–Crippen MR) is 156 cm³/mol. The second-order valence-corrected chi connectivity index (χ2v) is 12.0. The maximum atomic E-state index is 13.6. The first kappa shape index (κ1) is 28.5. The molecular weight excluding hydrogens is 530 g/mol. The van der Waals surface area contributed by atoms with Crippen LogP contribution in [0.4, 0.5) is 14.9 Å². The third-order valence-corrected chi connectivity index (χ3v) is 8.59. The lowest BCUT2D eigenvalue weighted by molar-refractivity contribution is -0.00111. The number of anilines is 1. The van der Waals surface area contributed by atoms with Gasteiger partial charge >= 0.3 is 6.09 Å². The average molecular weight is 567 g/mol. The summed E-state index contributed by atoms with van der Waals surface area (Å²) in [4.78, 5) is 35.6. The molecule has 9 heteroatoms. The molecule has 0 radical (unpaired) electrons. The van der Waals surface area contributed by atoms with Gasteiger partial charge in [-0.2, -0.15) is 0 Å². The van der Waals surface area contributed by atoms with Crippen LogP contribution in [0.2, 0.25) is 0 Å². The number of piperidine rings is 1. The predicted octanol–water partition coefficient (Wildman–Crippen LogP) is 5.93. The number of halogens is 1. The van der Waals surface area contributed by atoms with Crippen molar-refractivity contribution in [1.29, 1.82) is 0 Å². The number of carbonyl (C=O) groups is 1. The van der Waals surface area contributed by atoms with Crippen LogP contribution in [-0.4, -0.2) is 52.6 Å². The molecular formula is C31H36FN2O5P. The number of rotatable bonds is 8. The van der Waals surface area contributed by atoms with Gasteiger partial charge < -0.3 is 19.3 Å². The van der Waals surface area contributed by atoms with Crippen LogP contribution >= 0.6 is 8.38 Å². The highest BCUT2D eigenvalue weighted by Crippen LogP contribution is 2.39. The van der Waals surface area contributed by atoms with Crippen LogP contribution in [0.25, 0.3) is 11.1 Å². The van der Waals surface area contributed by atoms with Gasteiger partial charge in [-0.05, 0) is 78.1 Å². The Morgan fingerprint density at radius 3 is 2.33 bits per heavy atom. The summed E-state index contributed by atoms with van der Waals surface area (Å²) in [5.74, 6) is 0.859. The zero-order valence-corrected chi connectivity index (χ0v) is 24.0. The highest BCUT2D eigenvalue weighted by molar-refractivity contribution is 7.54. The highest BCUT2D eigenvalue weighted by Gasteiger charge is 2.47. The molecule has 2 heterocycles. The van der Waals surface area contributed by atoms with E-state index >= 15 is 0 Å². The number of amides is 1. The fraction of sp³-hybridized carbons (Fsp3) is 0.387. The maximum absolute atomic E-state index is 13.6. The first-order chi connectivity index (χ1) is 19.2. The summed E-state index contributed by atoms with van der Waals surface area (Å²) in [7, 11) is -2.17. The molecule has 5 rings (SSSR count). The first-order valence-electron chi connectivity index (χ1n) is 13.7. The third-order valence-electron chi connectivity index (χ3n) is 7.83. The van der Waals surface area contributed by atoms with Crippen molar-refractivity contribution in [2.75, 3.05) is 31.1 Å². The molecule has 3 aromatic carbocycles. The summed E-state index contributed by atoms with van der Waals surface area (Å²) < 4.78 is 25.6. The molecule has 0 aromatic heterocycles. The lowest BCUT2D eigenvalue weighted by Crippen LogP contribution is -2.46. The van der Waals surface area contributed by atoms with Gasteiger partial charge in [0.05, 0.1) is 13.2 Å². The summed E-state index contributed by atoms with van der Waals surface area (Å²) in [5.41, 5.74) is 4.48. The fourth-order valence-electron chi connectivity index (χ4n) is 5.62. The Morgan fingerprint density at radius 2 is 1.73 bits per heavy atom. The van der Waals surface area contributed by atoms with E-state index in [1.54, 1.807) is 29.2 Å². The number of likely N-dealkylation sites (tertiary alicyclic amines) is 1. The van der Waals surface area contributed by atoms with E-state index in [4.69, 9.17) is 9.47 Å². The van der Waals surface area contributed by atoms with Gasteiger partial charge in [0.2, 0.25) is 0 Å². The monoisotopic (exact) mass is 566 g/mol. The van der Waals surface area contributed by atoms with Crippen molar-refractivity contribution in [2.24, 2.45) is 0 Å². The summed E-state index contributed by atoms with van der Waals surface area (Å²) in [6, 6.07) is 17.6. The van der Waals surface area contributed by atoms with E-state index < -0.39 is 14.0 Å². The smallest absolute Gasteiger partial charge is 0.415 e.